The summed E-state index contributed by atoms with van der Waals surface area (Å²) in [4.78, 5) is 33.7. The van der Waals surface area contributed by atoms with Crippen molar-refractivity contribution >= 4 is 12.2 Å². The number of piperidine rings is 2. The summed E-state index contributed by atoms with van der Waals surface area (Å²) in [6, 6.07) is 10.4. The van der Waals surface area contributed by atoms with Gasteiger partial charge in [-0.2, -0.15) is 0 Å². The Kier molecular flexibility index (Phi) is 9.12. The molecule has 0 unspecified atom stereocenters. The maximum Gasteiger partial charge on any atom is 0.410 e. The molecule has 8 nitrogen and oxygen atoms in total. The highest BCUT2D eigenvalue weighted by atomic mass is 16.6. The fourth-order valence-corrected chi connectivity index (χ4v) is 5.54. The molecule has 3 fully saturated rings. The normalized spacial score (nSPS) is 21.4. The van der Waals surface area contributed by atoms with E-state index in [1.54, 1.807) is 0 Å². The molecule has 3 aliphatic rings. The van der Waals surface area contributed by atoms with Crippen molar-refractivity contribution in [2.75, 3.05) is 58.9 Å². The molecule has 1 aromatic carbocycles. The van der Waals surface area contributed by atoms with Crippen LogP contribution in [0.25, 0.3) is 0 Å². The Morgan fingerprint density at radius 1 is 0.806 bits per heavy atom. The Labute approximate surface area is 216 Å². The summed E-state index contributed by atoms with van der Waals surface area (Å²) < 4.78 is 11.0. The van der Waals surface area contributed by atoms with Crippen molar-refractivity contribution in [3.63, 3.8) is 0 Å². The standard InChI is InChI=1S/C28H44N4O4/c1-28(2,3)36-27(34)31-15-9-23(10-16-31)21-29-13-11-25(12-14-29)30-17-19-32(20-18-30)26(33)35-22-24-7-5-4-6-8-24/h4-8,23,25H,9-22H2,1-3H3. The van der Waals surface area contributed by atoms with Crippen molar-refractivity contribution in [3.05, 3.63) is 35.9 Å². The molecule has 3 aliphatic heterocycles. The summed E-state index contributed by atoms with van der Waals surface area (Å²) in [5, 5.41) is 0. The monoisotopic (exact) mass is 500 g/mol. The molecule has 4 rings (SSSR count). The fraction of sp³-hybridized carbons (Fsp3) is 0.714. The van der Waals surface area contributed by atoms with E-state index in [-0.39, 0.29) is 12.2 Å². The van der Waals surface area contributed by atoms with E-state index in [1.165, 1.54) is 12.8 Å². The van der Waals surface area contributed by atoms with E-state index in [1.807, 2.05) is 60.9 Å². The zero-order valence-electron chi connectivity index (χ0n) is 22.4. The third kappa shape index (κ3) is 7.84. The molecule has 0 bridgehead atoms. The third-order valence-corrected chi connectivity index (χ3v) is 7.63. The van der Waals surface area contributed by atoms with Crippen LogP contribution in [0, 0.1) is 5.92 Å². The van der Waals surface area contributed by atoms with Crippen LogP contribution in [0.2, 0.25) is 0 Å². The number of nitrogens with zero attached hydrogens (tertiary/aromatic N) is 4. The summed E-state index contributed by atoms with van der Waals surface area (Å²) in [5.41, 5.74) is 0.584. The van der Waals surface area contributed by atoms with E-state index in [0.717, 1.165) is 77.3 Å². The molecule has 0 N–H and O–H groups in total. The van der Waals surface area contributed by atoms with Gasteiger partial charge in [0.25, 0.3) is 0 Å². The Morgan fingerprint density at radius 2 is 1.42 bits per heavy atom. The van der Waals surface area contributed by atoms with Gasteiger partial charge in [0.15, 0.2) is 0 Å². The number of amides is 2. The zero-order chi connectivity index (χ0) is 25.5. The van der Waals surface area contributed by atoms with Crippen molar-refractivity contribution in [3.8, 4) is 0 Å². The second kappa shape index (κ2) is 12.3. The van der Waals surface area contributed by atoms with Gasteiger partial charge in [-0.1, -0.05) is 30.3 Å². The lowest BCUT2D eigenvalue weighted by Gasteiger charge is -2.43. The number of carbonyl (C=O) groups is 2. The fourth-order valence-electron chi connectivity index (χ4n) is 5.54. The molecule has 2 amide bonds. The Hall–Kier alpha value is -2.32. The van der Waals surface area contributed by atoms with Crippen LogP contribution in [0.1, 0.15) is 52.0 Å². The highest BCUT2D eigenvalue weighted by Gasteiger charge is 2.31. The van der Waals surface area contributed by atoms with E-state index < -0.39 is 5.60 Å². The predicted molar refractivity (Wildman–Crippen MR) is 140 cm³/mol. The topological polar surface area (TPSA) is 65.6 Å². The minimum Gasteiger partial charge on any atom is -0.445 e. The molecule has 3 saturated heterocycles. The van der Waals surface area contributed by atoms with Crippen molar-refractivity contribution < 1.29 is 19.1 Å². The Balaban J connectivity index is 1.10. The lowest BCUT2D eigenvalue weighted by Crippen LogP contribution is -2.54. The van der Waals surface area contributed by atoms with Gasteiger partial charge in [0.2, 0.25) is 0 Å². The highest BCUT2D eigenvalue weighted by Crippen LogP contribution is 2.24. The van der Waals surface area contributed by atoms with Crippen molar-refractivity contribution in [1.29, 1.82) is 0 Å². The van der Waals surface area contributed by atoms with Crippen molar-refractivity contribution in [1.82, 2.24) is 19.6 Å². The van der Waals surface area contributed by atoms with E-state index in [0.29, 0.717) is 18.6 Å². The predicted octanol–water partition coefficient (Wildman–Crippen LogP) is 4.05. The summed E-state index contributed by atoms with van der Waals surface area (Å²) >= 11 is 0. The van der Waals surface area contributed by atoms with Crippen LogP contribution in [-0.2, 0) is 16.1 Å². The number of benzene rings is 1. The number of piperazine rings is 1. The number of rotatable bonds is 5. The summed E-state index contributed by atoms with van der Waals surface area (Å²) in [6.07, 6.45) is 4.12. The summed E-state index contributed by atoms with van der Waals surface area (Å²) in [7, 11) is 0. The number of hydrogen-bond acceptors (Lipinski definition) is 6. The first-order valence-electron chi connectivity index (χ1n) is 13.7. The largest absolute Gasteiger partial charge is 0.445 e. The molecule has 0 radical (unpaired) electrons. The first kappa shape index (κ1) is 26.7. The SMILES string of the molecule is CC(C)(C)OC(=O)N1CCC(CN2CCC(N3CCN(C(=O)OCc4ccccc4)CC3)CC2)CC1. The lowest BCUT2D eigenvalue weighted by molar-refractivity contribution is 0.0151. The van der Waals surface area contributed by atoms with Crippen LogP contribution in [0.4, 0.5) is 9.59 Å². The minimum atomic E-state index is -0.434. The van der Waals surface area contributed by atoms with E-state index >= 15 is 0 Å². The van der Waals surface area contributed by atoms with Gasteiger partial charge < -0.3 is 24.2 Å². The van der Waals surface area contributed by atoms with Gasteiger partial charge in [0.05, 0.1) is 0 Å². The van der Waals surface area contributed by atoms with Gasteiger partial charge in [-0.3, -0.25) is 4.90 Å². The van der Waals surface area contributed by atoms with Crippen LogP contribution in [-0.4, -0.2) is 102 Å². The Bertz CT molecular complexity index is 835. The molecule has 0 aromatic heterocycles. The van der Waals surface area contributed by atoms with Gasteiger partial charge >= 0.3 is 12.2 Å². The molecule has 200 valence electrons. The maximum absolute atomic E-state index is 12.5. The van der Waals surface area contributed by atoms with Crippen LogP contribution in [0.3, 0.4) is 0 Å². The zero-order valence-corrected chi connectivity index (χ0v) is 22.4. The molecule has 0 atom stereocenters. The van der Waals surface area contributed by atoms with Crippen molar-refractivity contribution in [2.24, 2.45) is 5.92 Å². The number of carbonyl (C=O) groups excluding carboxylic acids is 2. The first-order chi connectivity index (χ1) is 17.3. The maximum atomic E-state index is 12.5. The molecule has 1 aromatic rings. The second-order valence-corrected chi connectivity index (χ2v) is 11.5. The number of hydrogen-bond donors (Lipinski definition) is 0. The van der Waals surface area contributed by atoms with Crippen LogP contribution in [0.15, 0.2) is 30.3 Å². The molecule has 3 heterocycles. The first-order valence-corrected chi connectivity index (χ1v) is 13.7. The highest BCUT2D eigenvalue weighted by molar-refractivity contribution is 5.68. The number of ether oxygens (including phenoxy) is 2. The minimum absolute atomic E-state index is 0.175. The lowest BCUT2D eigenvalue weighted by atomic mass is 9.94. The van der Waals surface area contributed by atoms with Gasteiger partial charge in [0, 0.05) is 51.9 Å². The second-order valence-electron chi connectivity index (χ2n) is 11.5. The van der Waals surface area contributed by atoms with Crippen LogP contribution >= 0.6 is 0 Å². The average molecular weight is 501 g/mol. The van der Waals surface area contributed by atoms with Gasteiger partial charge in [0.1, 0.15) is 12.2 Å². The molecule has 8 heteroatoms. The molecular weight excluding hydrogens is 456 g/mol. The summed E-state index contributed by atoms with van der Waals surface area (Å²) in [5.74, 6) is 0.658. The van der Waals surface area contributed by atoms with Crippen LogP contribution in [0.5, 0.6) is 0 Å². The van der Waals surface area contributed by atoms with Crippen molar-refractivity contribution in [2.45, 2.75) is 64.7 Å². The smallest absolute Gasteiger partial charge is 0.410 e. The molecule has 0 aliphatic carbocycles. The molecule has 0 spiro atoms. The van der Waals surface area contributed by atoms with Gasteiger partial charge in [-0.15, -0.1) is 0 Å². The average Bonchev–Trinajstić information content (AvgIpc) is 2.88. The van der Waals surface area contributed by atoms with E-state index in [4.69, 9.17) is 9.47 Å². The third-order valence-electron chi connectivity index (χ3n) is 7.63. The van der Waals surface area contributed by atoms with Crippen LogP contribution < -0.4 is 0 Å². The number of likely N-dealkylation sites (tertiary alicyclic amines) is 2. The summed E-state index contributed by atoms with van der Waals surface area (Å²) in [6.45, 7) is 14.4. The van der Waals surface area contributed by atoms with E-state index in [2.05, 4.69) is 9.80 Å². The Morgan fingerprint density at radius 3 is 2.03 bits per heavy atom. The molecular formula is C28H44N4O4. The molecule has 36 heavy (non-hydrogen) atoms. The van der Waals surface area contributed by atoms with Gasteiger partial charge in [-0.25, -0.2) is 9.59 Å². The quantitative estimate of drug-likeness (QED) is 0.608. The molecule has 0 saturated carbocycles. The van der Waals surface area contributed by atoms with E-state index in [9.17, 15) is 9.59 Å². The van der Waals surface area contributed by atoms with Gasteiger partial charge in [-0.05, 0) is 71.0 Å².